The second-order valence-corrected chi connectivity index (χ2v) is 7.83. The minimum Gasteiger partial charge on any atom is -0.497 e. The van der Waals surface area contributed by atoms with Gasteiger partial charge in [0.15, 0.2) is 0 Å². The molecule has 0 atom stereocenters. The van der Waals surface area contributed by atoms with E-state index in [9.17, 15) is 4.79 Å². The first-order chi connectivity index (χ1) is 15.2. The Morgan fingerprint density at radius 1 is 0.871 bits per heavy atom. The van der Waals surface area contributed by atoms with Crippen LogP contribution in [0.1, 0.15) is 11.1 Å². The quantitative estimate of drug-likeness (QED) is 0.408. The van der Waals surface area contributed by atoms with E-state index in [4.69, 9.17) is 16.3 Å². The molecule has 0 radical (unpaired) electrons. The molecule has 0 spiro atoms. The summed E-state index contributed by atoms with van der Waals surface area (Å²) >= 11 is 6.37. The van der Waals surface area contributed by atoms with Gasteiger partial charge in [0.25, 0.3) is 5.91 Å². The van der Waals surface area contributed by atoms with E-state index in [0.29, 0.717) is 23.7 Å². The topological polar surface area (TPSA) is 32.8 Å². The lowest BCUT2D eigenvalue weighted by Crippen LogP contribution is -2.49. The number of rotatable bonds is 5. The maximum absolute atomic E-state index is 13.5. The molecule has 0 saturated carbocycles. The second kappa shape index (κ2) is 9.71. The number of hydrogen-bond acceptors (Lipinski definition) is 3. The molecule has 1 aliphatic rings. The van der Waals surface area contributed by atoms with E-state index < -0.39 is 0 Å². The number of nitrogens with zero attached hydrogens (tertiary/aromatic N) is 2. The molecule has 5 heteroatoms. The van der Waals surface area contributed by atoms with E-state index >= 15 is 0 Å². The lowest BCUT2D eigenvalue weighted by molar-refractivity contribution is -0.125. The van der Waals surface area contributed by atoms with Crippen molar-refractivity contribution < 1.29 is 9.53 Å². The predicted octanol–water partition coefficient (Wildman–Crippen LogP) is 5.24. The molecule has 0 aromatic heterocycles. The number of methoxy groups -OCH3 is 1. The van der Waals surface area contributed by atoms with Gasteiger partial charge in [0.1, 0.15) is 5.75 Å². The Kier molecular flexibility index (Phi) is 6.58. The normalized spacial score (nSPS) is 14.5. The van der Waals surface area contributed by atoms with Crippen LogP contribution in [0.15, 0.2) is 78.9 Å². The number of ether oxygens (including phenoxy) is 1. The monoisotopic (exact) mass is 432 g/mol. The first-order valence-corrected chi connectivity index (χ1v) is 10.7. The average Bonchev–Trinajstić information content (AvgIpc) is 2.84. The summed E-state index contributed by atoms with van der Waals surface area (Å²) in [5.41, 5.74) is 3.53. The zero-order valence-corrected chi connectivity index (χ0v) is 18.3. The van der Waals surface area contributed by atoms with Gasteiger partial charge >= 0.3 is 0 Å². The molecule has 0 aliphatic carbocycles. The summed E-state index contributed by atoms with van der Waals surface area (Å²) in [6.45, 7) is 2.90. The molecule has 4 rings (SSSR count). The van der Waals surface area contributed by atoms with E-state index in [2.05, 4.69) is 17.0 Å². The van der Waals surface area contributed by atoms with Gasteiger partial charge in [0.05, 0.1) is 7.11 Å². The van der Waals surface area contributed by atoms with Crippen LogP contribution in [-0.2, 0) is 4.79 Å². The highest BCUT2D eigenvalue weighted by Gasteiger charge is 2.24. The van der Waals surface area contributed by atoms with Gasteiger partial charge in [-0.1, -0.05) is 60.1 Å². The zero-order valence-electron chi connectivity index (χ0n) is 17.5. The predicted molar refractivity (Wildman–Crippen MR) is 128 cm³/mol. The van der Waals surface area contributed by atoms with Gasteiger partial charge in [0, 0.05) is 42.5 Å². The van der Waals surface area contributed by atoms with Crippen LogP contribution in [0, 0.1) is 0 Å². The lowest BCUT2D eigenvalue weighted by atomic mass is 10.0. The van der Waals surface area contributed by atoms with Crippen LogP contribution in [0.2, 0.25) is 5.02 Å². The van der Waals surface area contributed by atoms with E-state index in [0.717, 1.165) is 35.7 Å². The van der Waals surface area contributed by atoms with E-state index in [-0.39, 0.29) is 5.91 Å². The largest absolute Gasteiger partial charge is 0.497 e. The van der Waals surface area contributed by atoms with Crippen molar-refractivity contribution >= 4 is 34.8 Å². The fourth-order valence-corrected chi connectivity index (χ4v) is 3.96. The highest BCUT2D eigenvalue weighted by Crippen LogP contribution is 2.26. The molecule has 158 valence electrons. The summed E-state index contributed by atoms with van der Waals surface area (Å²) in [6, 6.07) is 25.4. The smallest absolute Gasteiger partial charge is 0.254 e. The third-order valence-corrected chi connectivity index (χ3v) is 5.87. The van der Waals surface area contributed by atoms with E-state index in [1.807, 2.05) is 77.7 Å². The molecule has 0 unspecified atom stereocenters. The fraction of sp³-hybridized carbons (Fsp3) is 0.192. The minimum absolute atomic E-state index is 0.0282. The van der Waals surface area contributed by atoms with Crippen LogP contribution >= 0.6 is 11.6 Å². The Morgan fingerprint density at radius 3 is 2.16 bits per heavy atom. The number of hydrogen-bond donors (Lipinski definition) is 0. The van der Waals surface area contributed by atoms with Gasteiger partial charge in [-0.15, -0.1) is 0 Å². The third-order valence-electron chi connectivity index (χ3n) is 5.52. The van der Waals surface area contributed by atoms with Crippen molar-refractivity contribution in [3.63, 3.8) is 0 Å². The second-order valence-electron chi connectivity index (χ2n) is 7.42. The first-order valence-electron chi connectivity index (χ1n) is 10.4. The molecule has 1 saturated heterocycles. The zero-order chi connectivity index (χ0) is 21.6. The molecule has 3 aromatic rings. The van der Waals surface area contributed by atoms with Crippen LogP contribution in [0.4, 0.5) is 5.69 Å². The molecule has 1 amide bonds. The van der Waals surface area contributed by atoms with Crippen molar-refractivity contribution in [3.8, 4) is 5.75 Å². The van der Waals surface area contributed by atoms with Gasteiger partial charge in [-0.25, -0.2) is 0 Å². The Hall–Kier alpha value is -3.24. The lowest BCUT2D eigenvalue weighted by Gasteiger charge is -2.36. The summed E-state index contributed by atoms with van der Waals surface area (Å²) in [5.74, 6) is 0.871. The highest BCUT2D eigenvalue weighted by molar-refractivity contribution is 6.33. The van der Waals surface area contributed by atoms with E-state index in [1.54, 1.807) is 7.11 Å². The summed E-state index contributed by atoms with van der Waals surface area (Å²) in [6.07, 6.45) is 1.90. The number of carbonyl (C=O) groups is 1. The molecular weight excluding hydrogens is 408 g/mol. The first kappa shape index (κ1) is 21.0. The average molecular weight is 433 g/mol. The summed E-state index contributed by atoms with van der Waals surface area (Å²) in [4.78, 5) is 17.7. The maximum atomic E-state index is 13.5. The molecule has 0 N–H and O–H groups in total. The van der Waals surface area contributed by atoms with Gasteiger partial charge in [-0.05, 0) is 47.5 Å². The molecule has 3 aromatic carbocycles. The van der Waals surface area contributed by atoms with Crippen molar-refractivity contribution in [1.82, 2.24) is 4.90 Å². The Morgan fingerprint density at radius 2 is 1.52 bits per heavy atom. The van der Waals surface area contributed by atoms with Gasteiger partial charge < -0.3 is 14.5 Å². The number of anilines is 1. The minimum atomic E-state index is 0.0282. The summed E-state index contributed by atoms with van der Waals surface area (Å²) in [7, 11) is 1.67. The van der Waals surface area contributed by atoms with Crippen LogP contribution in [0.25, 0.3) is 11.6 Å². The number of piperazine rings is 1. The number of benzene rings is 3. The third kappa shape index (κ3) is 4.92. The van der Waals surface area contributed by atoms with Crippen LogP contribution in [-0.4, -0.2) is 44.1 Å². The number of halogens is 1. The standard InChI is InChI=1S/C26H25ClN2O2/c1-31-23-13-11-22(12-14-23)28-15-17-29(18-16-28)26(30)24(20-7-3-2-4-8-20)19-21-9-5-6-10-25(21)27/h2-14,19H,15-18H2,1H3. The number of carbonyl (C=O) groups excluding carboxylic acids is 1. The van der Waals surface area contributed by atoms with Crippen LogP contribution in [0.3, 0.4) is 0 Å². The molecule has 1 aliphatic heterocycles. The molecular formula is C26H25ClN2O2. The van der Waals surface area contributed by atoms with Crippen molar-refractivity contribution in [1.29, 1.82) is 0 Å². The fourth-order valence-electron chi connectivity index (χ4n) is 3.77. The Labute approximate surface area is 188 Å². The van der Waals surface area contributed by atoms with E-state index in [1.165, 1.54) is 0 Å². The Bertz CT molecular complexity index is 1060. The van der Waals surface area contributed by atoms with Crippen molar-refractivity contribution in [3.05, 3.63) is 95.0 Å². The van der Waals surface area contributed by atoms with Crippen molar-refractivity contribution in [2.75, 3.05) is 38.2 Å². The Balaban J connectivity index is 1.53. The van der Waals surface area contributed by atoms with Gasteiger partial charge in [0.2, 0.25) is 0 Å². The highest BCUT2D eigenvalue weighted by atomic mass is 35.5. The summed E-state index contributed by atoms with van der Waals surface area (Å²) in [5, 5.41) is 0.632. The van der Waals surface area contributed by atoms with Gasteiger partial charge in [-0.3, -0.25) is 4.79 Å². The SMILES string of the molecule is COc1ccc(N2CCN(C(=O)C(=Cc3ccccc3Cl)c3ccccc3)CC2)cc1. The molecule has 1 heterocycles. The maximum Gasteiger partial charge on any atom is 0.254 e. The van der Waals surface area contributed by atoms with Crippen molar-refractivity contribution in [2.45, 2.75) is 0 Å². The molecule has 0 bridgehead atoms. The van der Waals surface area contributed by atoms with Crippen molar-refractivity contribution in [2.24, 2.45) is 0 Å². The van der Waals surface area contributed by atoms with Crippen LogP contribution in [0.5, 0.6) is 5.75 Å². The van der Waals surface area contributed by atoms with Gasteiger partial charge in [-0.2, -0.15) is 0 Å². The molecule has 4 nitrogen and oxygen atoms in total. The molecule has 1 fully saturated rings. The summed E-state index contributed by atoms with van der Waals surface area (Å²) < 4.78 is 5.24. The number of amides is 1. The van der Waals surface area contributed by atoms with Crippen LogP contribution < -0.4 is 9.64 Å². The molecule has 31 heavy (non-hydrogen) atoms.